The van der Waals surface area contributed by atoms with E-state index in [2.05, 4.69) is 15.5 Å². The number of methoxy groups -OCH3 is 1. The van der Waals surface area contributed by atoms with Gasteiger partial charge in [0.2, 0.25) is 0 Å². The first kappa shape index (κ1) is 13.1. The largest absolute Gasteiger partial charge is 0.497 e. The number of aromatic nitrogens is 2. The predicted molar refractivity (Wildman–Crippen MR) is 82.4 cm³/mol. The summed E-state index contributed by atoms with van der Waals surface area (Å²) in [7, 11) is 1.63. The van der Waals surface area contributed by atoms with Crippen LogP contribution in [0.1, 0.15) is 0 Å². The third-order valence-corrected chi connectivity index (χ3v) is 3.33. The van der Waals surface area contributed by atoms with E-state index in [9.17, 15) is 0 Å². The molecular formula is C14H11Cl2N3O. The van der Waals surface area contributed by atoms with Crippen LogP contribution in [0.2, 0.25) is 10.0 Å². The minimum Gasteiger partial charge on any atom is -0.497 e. The van der Waals surface area contributed by atoms with Gasteiger partial charge in [0, 0.05) is 21.1 Å². The summed E-state index contributed by atoms with van der Waals surface area (Å²) in [6.45, 7) is 0. The molecule has 0 saturated carbocycles. The van der Waals surface area contributed by atoms with E-state index in [1.807, 2.05) is 18.2 Å². The molecular weight excluding hydrogens is 297 g/mol. The second-order valence-corrected chi connectivity index (χ2v) is 5.14. The smallest absolute Gasteiger partial charge is 0.160 e. The van der Waals surface area contributed by atoms with Crippen molar-refractivity contribution in [2.45, 2.75) is 0 Å². The Morgan fingerprint density at radius 1 is 1.10 bits per heavy atom. The van der Waals surface area contributed by atoms with Crippen molar-refractivity contribution >= 4 is 45.6 Å². The number of benzene rings is 2. The molecule has 0 fully saturated rings. The molecule has 0 spiro atoms. The van der Waals surface area contributed by atoms with E-state index in [0.29, 0.717) is 15.9 Å². The predicted octanol–water partition coefficient (Wildman–Crippen LogP) is 4.62. The zero-order chi connectivity index (χ0) is 14.1. The van der Waals surface area contributed by atoms with Crippen molar-refractivity contribution in [3.63, 3.8) is 0 Å². The molecule has 2 aromatic carbocycles. The van der Waals surface area contributed by atoms with Gasteiger partial charge in [0.05, 0.1) is 12.6 Å². The summed E-state index contributed by atoms with van der Waals surface area (Å²) >= 11 is 12.0. The van der Waals surface area contributed by atoms with Gasteiger partial charge < -0.3 is 10.1 Å². The first-order valence-corrected chi connectivity index (χ1v) is 6.66. The zero-order valence-corrected chi connectivity index (χ0v) is 12.1. The van der Waals surface area contributed by atoms with Crippen LogP contribution in [-0.2, 0) is 0 Å². The van der Waals surface area contributed by atoms with Gasteiger partial charge in [0.1, 0.15) is 5.75 Å². The first-order chi connectivity index (χ1) is 9.65. The summed E-state index contributed by atoms with van der Waals surface area (Å²) in [6, 6.07) is 11.0. The maximum atomic E-state index is 5.98. The van der Waals surface area contributed by atoms with Crippen molar-refractivity contribution in [1.29, 1.82) is 0 Å². The van der Waals surface area contributed by atoms with Gasteiger partial charge in [-0.25, -0.2) is 0 Å². The first-order valence-electron chi connectivity index (χ1n) is 5.91. The van der Waals surface area contributed by atoms with E-state index in [1.165, 1.54) is 0 Å². The van der Waals surface area contributed by atoms with Crippen LogP contribution in [0.15, 0.2) is 36.4 Å². The van der Waals surface area contributed by atoms with Crippen LogP contribution in [0, 0.1) is 0 Å². The molecule has 102 valence electrons. The number of fused-ring (bicyclic) bond motifs is 1. The van der Waals surface area contributed by atoms with Crippen molar-refractivity contribution in [2.75, 3.05) is 12.4 Å². The van der Waals surface area contributed by atoms with Crippen LogP contribution in [0.5, 0.6) is 5.75 Å². The van der Waals surface area contributed by atoms with E-state index >= 15 is 0 Å². The van der Waals surface area contributed by atoms with Crippen LogP contribution < -0.4 is 10.1 Å². The van der Waals surface area contributed by atoms with Gasteiger partial charge >= 0.3 is 0 Å². The molecule has 0 bridgehead atoms. The lowest BCUT2D eigenvalue weighted by Crippen LogP contribution is -1.91. The second-order valence-electron chi connectivity index (χ2n) is 4.27. The molecule has 3 rings (SSSR count). The number of halogens is 2. The molecule has 1 aromatic heterocycles. The fraction of sp³-hybridized carbons (Fsp3) is 0.0714. The SMILES string of the molecule is COc1ccc2[nH]nc(Nc3cc(Cl)cc(Cl)c3)c2c1. The summed E-state index contributed by atoms with van der Waals surface area (Å²) in [5, 5.41) is 12.5. The minimum absolute atomic E-state index is 0.567. The lowest BCUT2D eigenvalue weighted by atomic mass is 10.2. The quantitative estimate of drug-likeness (QED) is 0.742. The summed E-state index contributed by atoms with van der Waals surface area (Å²) in [5.41, 5.74) is 1.69. The number of hydrogen-bond donors (Lipinski definition) is 2. The molecule has 0 unspecified atom stereocenters. The number of aromatic amines is 1. The Labute approximate surface area is 125 Å². The Hall–Kier alpha value is -1.91. The fourth-order valence-electron chi connectivity index (χ4n) is 1.98. The molecule has 1 heterocycles. The van der Waals surface area contributed by atoms with Gasteiger partial charge in [0.15, 0.2) is 5.82 Å². The fourth-order valence-corrected chi connectivity index (χ4v) is 2.50. The third kappa shape index (κ3) is 2.53. The molecule has 0 atom stereocenters. The minimum atomic E-state index is 0.567. The van der Waals surface area contributed by atoms with Crippen LogP contribution in [-0.4, -0.2) is 17.3 Å². The Morgan fingerprint density at radius 2 is 1.85 bits per heavy atom. The van der Waals surface area contributed by atoms with E-state index in [0.717, 1.165) is 22.3 Å². The van der Waals surface area contributed by atoms with Gasteiger partial charge in [-0.05, 0) is 36.4 Å². The standard InChI is InChI=1S/C14H11Cl2N3O/c1-20-11-2-3-13-12(7-11)14(19-18-13)17-10-5-8(15)4-9(16)6-10/h2-7H,1H3,(H2,17,18,19). The summed E-state index contributed by atoms with van der Waals surface area (Å²) in [4.78, 5) is 0. The van der Waals surface area contributed by atoms with Crippen molar-refractivity contribution in [2.24, 2.45) is 0 Å². The molecule has 0 aliphatic heterocycles. The lowest BCUT2D eigenvalue weighted by molar-refractivity contribution is 0.415. The molecule has 0 aliphatic rings. The van der Waals surface area contributed by atoms with Crippen molar-refractivity contribution < 1.29 is 4.74 Å². The van der Waals surface area contributed by atoms with E-state index in [-0.39, 0.29) is 0 Å². The molecule has 4 nitrogen and oxygen atoms in total. The zero-order valence-electron chi connectivity index (χ0n) is 10.6. The highest BCUT2D eigenvalue weighted by molar-refractivity contribution is 6.35. The van der Waals surface area contributed by atoms with Gasteiger partial charge in [-0.1, -0.05) is 23.2 Å². The molecule has 0 radical (unpaired) electrons. The van der Waals surface area contributed by atoms with Crippen molar-refractivity contribution in [3.8, 4) is 5.75 Å². The van der Waals surface area contributed by atoms with Gasteiger partial charge in [-0.2, -0.15) is 5.10 Å². The average molecular weight is 308 g/mol. The maximum Gasteiger partial charge on any atom is 0.160 e. The highest BCUT2D eigenvalue weighted by atomic mass is 35.5. The Morgan fingerprint density at radius 3 is 2.55 bits per heavy atom. The van der Waals surface area contributed by atoms with E-state index in [4.69, 9.17) is 27.9 Å². The molecule has 6 heteroatoms. The maximum absolute atomic E-state index is 5.98. The molecule has 20 heavy (non-hydrogen) atoms. The molecule has 0 amide bonds. The Balaban J connectivity index is 2.01. The third-order valence-electron chi connectivity index (χ3n) is 2.90. The normalized spacial score (nSPS) is 10.8. The van der Waals surface area contributed by atoms with Crippen LogP contribution in [0.4, 0.5) is 11.5 Å². The molecule has 0 saturated heterocycles. The van der Waals surface area contributed by atoms with Gasteiger partial charge in [-0.15, -0.1) is 0 Å². The Bertz CT molecular complexity index is 750. The van der Waals surface area contributed by atoms with Gasteiger partial charge in [0.25, 0.3) is 0 Å². The Kier molecular flexibility index (Phi) is 3.42. The number of nitrogens with one attached hydrogen (secondary N) is 2. The molecule has 0 aliphatic carbocycles. The van der Waals surface area contributed by atoms with Crippen molar-refractivity contribution in [3.05, 3.63) is 46.4 Å². The van der Waals surface area contributed by atoms with E-state index in [1.54, 1.807) is 25.3 Å². The average Bonchev–Trinajstić information content (AvgIpc) is 2.80. The topological polar surface area (TPSA) is 49.9 Å². The number of nitrogens with zero attached hydrogens (tertiary/aromatic N) is 1. The highest BCUT2D eigenvalue weighted by Gasteiger charge is 2.08. The number of ether oxygens (including phenoxy) is 1. The van der Waals surface area contributed by atoms with Crippen LogP contribution >= 0.6 is 23.2 Å². The van der Waals surface area contributed by atoms with Crippen molar-refractivity contribution in [1.82, 2.24) is 10.2 Å². The number of anilines is 2. The summed E-state index contributed by atoms with van der Waals surface area (Å²) in [6.07, 6.45) is 0. The number of rotatable bonds is 3. The van der Waals surface area contributed by atoms with Crippen LogP contribution in [0.3, 0.4) is 0 Å². The number of H-pyrrole nitrogens is 1. The second kappa shape index (κ2) is 5.23. The number of hydrogen-bond acceptors (Lipinski definition) is 3. The summed E-state index contributed by atoms with van der Waals surface area (Å²) < 4.78 is 5.22. The monoisotopic (exact) mass is 307 g/mol. The highest BCUT2D eigenvalue weighted by Crippen LogP contribution is 2.29. The molecule has 2 N–H and O–H groups in total. The van der Waals surface area contributed by atoms with Gasteiger partial charge in [-0.3, -0.25) is 5.10 Å². The summed E-state index contributed by atoms with van der Waals surface area (Å²) in [5.74, 6) is 1.46. The molecule has 3 aromatic rings. The van der Waals surface area contributed by atoms with E-state index < -0.39 is 0 Å². The lowest BCUT2D eigenvalue weighted by Gasteiger charge is -2.05. The van der Waals surface area contributed by atoms with Crippen LogP contribution in [0.25, 0.3) is 10.9 Å².